The largest absolute Gasteiger partial charge is 0.382 e. The van der Waals surface area contributed by atoms with Crippen LogP contribution >= 0.6 is 0 Å². The van der Waals surface area contributed by atoms with E-state index < -0.39 is 11.6 Å². The van der Waals surface area contributed by atoms with Crippen LogP contribution in [0.5, 0.6) is 0 Å². The highest BCUT2D eigenvalue weighted by atomic mass is 19.1. The van der Waals surface area contributed by atoms with E-state index in [4.69, 9.17) is 0 Å². The monoisotopic (exact) mass is 259 g/mol. The molecule has 3 heteroatoms. The number of hydrogen-bond acceptors (Lipinski definition) is 1. The van der Waals surface area contributed by atoms with Gasteiger partial charge >= 0.3 is 0 Å². The number of nitrogens with one attached hydrogen (secondary N) is 1. The van der Waals surface area contributed by atoms with Gasteiger partial charge in [0.15, 0.2) is 0 Å². The summed E-state index contributed by atoms with van der Waals surface area (Å²) in [6, 6.07) is 12.1. The summed E-state index contributed by atoms with van der Waals surface area (Å²) in [4.78, 5) is 0. The molecule has 0 radical (unpaired) electrons. The molecule has 3 rings (SSSR count). The van der Waals surface area contributed by atoms with Gasteiger partial charge in [0.05, 0.1) is 0 Å². The minimum atomic E-state index is -0.543. The van der Waals surface area contributed by atoms with Crippen LogP contribution < -0.4 is 5.32 Å². The lowest BCUT2D eigenvalue weighted by molar-refractivity contribution is 0.579. The lowest BCUT2D eigenvalue weighted by Crippen LogP contribution is -2.27. The van der Waals surface area contributed by atoms with Gasteiger partial charge in [0.2, 0.25) is 0 Å². The third kappa shape index (κ3) is 2.75. The van der Waals surface area contributed by atoms with E-state index in [1.807, 2.05) is 6.07 Å². The quantitative estimate of drug-likeness (QED) is 0.861. The molecule has 0 amide bonds. The average molecular weight is 259 g/mol. The zero-order valence-electron chi connectivity index (χ0n) is 10.5. The number of fused-ring (bicyclic) bond motifs is 1. The van der Waals surface area contributed by atoms with Crippen molar-refractivity contribution in [1.29, 1.82) is 0 Å². The summed E-state index contributed by atoms with van der Waals surface area (Å²) >= 11 is 0. The van der Waals surface area contributed by atoms with Crippen LogP contribution in [0.2, 0.25) is 0 Å². The predicted molar refractivity (Wildman–Crippen MR) is 72.2 cm³/mol. The van der Waals surface area contributed by atoms with Gasteiger partial charge in [-0.3, -0.25) is 0 Å². The Balaban J connectivity index is 1.75. The summed E-state index contributed by atoms with van der Waals surface area (Å²) in [5, 5.41) is 3.22. The number of halogens is 2. The van der Waals surface area contributed by atoms with Crippen molar-refractivity contribution in [3.05, 3.63) is 65.2 Å². The van der Waals surface area contributed by atoms with Crippen LogP contribution in [0.15, 0.2) is 42.5 Å². The van der Waals surface area contributed by atoms with Gasteiger partial charge < -0.3 is 5.32 Å². The van der Waals surface area contributed by atoms with E-state index in [1.165, 1.54) is 23.3 Å². The number of aryl methyl sites for hydroxylation is 1. The molecule has 0 spiro atoms. The van der Waals surface area contributed by atoms with Crippen molar-refractivity contribution in [2.75, 3.05) is 5.32 Å². The highest BCUT2D eigenvalue weighted by Crippen LogP contribution is 2.24. The maximum Gasteiger partial charge on any atom is 0.128 e. The van der Waals surface area contributed by atoms with Crippen LogP contribution in [0.25, 0.3) is 0 Å². The van der Waals surface area contributed by atoms with Crippen molar-refractivity contribution in [3.8, 4) is 0 Å². The molecule has 1 unspecified atom stereocenters. The van der Waals surface area contributed by atoms with Crippen molar-refractivity contribution >= 4 is 5.69 Å². The summed E-state index contributed by atoms with van der Waals surface area (Å²) in [6.07, 6.45) is 2.88. The molecular formula is C16H15F2N. The third-order valence-corrected chi connectivity index (χ3v) is 3.58. The molecule has 0 fully saturated rings. The van der Waals surface area contributed by atoms with E-state index in [2.05, 4.69) is 23.5 Å². The molecule has 19 heavy (non-hydrogen) atoms. The second-order valence-electron chi connectivity index (χ2n) is 5.01. The van der Waals surface area contributed by atoms with E-state index >= 15 is 0 Å². The first-order chi connectivity index (χ1) is 9.20. The van der Waals surface area contributed by atoms with Gasteiger partial charge in [-0.2, -0.15) is 0 Å². The fourth-order valence-corrected chi connectivity index (χ4v) is 2.69. The third-order valence-electron chi connectivity index (χ3n) is 3.58. The first-order valence-electron chi connectivity index (χ1n) is 6.50. The molecule has 1 aliphatic rings. The summed E-state index contributed by atoms with van der Waals surface area (Å²) in [7, 11) is 0. The van der Waals surface area contributed by atoms with E-state index in [1.54, 1.807) is 0 Å². The molecule has 0 saturated carbocycles. The molecule has 0 aromatic heterocycles. The molecule has 1 N–H and O–H groups in total. The summed E-state index contributed by atoms with van der Waals surface area (Å²) < 4.78 is 26.3. The standard InChI is InChI=1S/C16H15F2N/c17-13-8-14(18)10-16(9-13)19-15-6-5-11-3-1-2-4-12(11)7-15/h1-4,8-10,15,19H,5-7H2. The molecule has 2 aromatic carbocycles. The van der Waals surface area contributed by atoms with Crippen LogP contribution in [0.3, 0.4) is 0 Å². The Morgan fingerprint density at radius 2 is 1.63 bits per heavy atom. The molecule has 2 aromatic rings. The molecule has 0 aliphatic heterocycles. The Labute approximate surface area is 111 Å². The minimum Gasteiger partial charge on any atom is -0.382 e. The summed E-state index contributed by atoms with van der Waals surface area (Å²) in [5.41, 5.74) is 3.22. The van der Waals surface area contributed by atoms with Crippen LogP contribution in [0.4, 0.5) is 14.5 Å². The van der Waals surface area contributed by atoms with Crippen molar-refractivity contribution in [2.24, 2.45) is 0 Å². The molecule has 0 saturated heterocycles. The second-order valence-corrected chi connectivity index (χ2v) is 5.01. The Morgan fingerprint density at radius 3 is 2.37 bits per heavy atom. The lowest BCUT2D eigenvalue weighted by Gasteiger charge is -2.26. The summed E-state index contributed by atoms with van der Waals surface area (Å²) in [6.45, 7) is 0. The van der Waals surface area contributed by atoms with E-state index in [0.29, 0.717) is 5.69 Å². The van der Waals surface area contributed by atoms with Gasteiger partial charge in [0.25, 0.3) is 0 Å². The second kappa shape index (κ2) is 5.00. The highest BCUT2D eigenvalue weighted by molar-refractivity contribution is 5.45. The number of anilines is 1. The minimum absolute atomic E-state index is 0.232. The SMILES string of the molecule is Fc1cc(F)cc(NC2CCc3ccccc3C2)c1. The molecule has 0 bridgehead atoms. The van der Waals surface area contributed by atoms with Crippen LogP contribution in [-0.4, -0.2) is 6.04 Å². The molecule has 1 atom stereocenters. The zero-order chi connectivity index (χ0) is 13.2. The number of benzene rings is 2. The Hall–Kier alpha value is -1.90. The maximum absolute atomic E-state index is 13.1. The first kappa shape index (κ1) is 12.2. The van der Waals surface area contributed by atoms with Crippen LogP contribution in [0, 0.1) is 11.6 Å². The first-order valence-corrected chi connectivity index (χ1v) is 6.50. The van der Waals surface area contributed by atoms with Crippen molar-refractivity contribution < 1.29 is 8.78 Å². The fourth-order valence-electron chi connectivity index (χ4n) is 2.69. The molecule has 1 aliphatic carbocycles. The van der Waals surface area contributed by atoms with Crippen molar-refractivity contribution in [1.82, 2.24) is 0 Å². The zero-order valence-corrected chi connectivity index (χ0v) is 10.5. The van der Waals surface area contributed by atoms with E-state index in [0.717, 1.165) is 25.3 Å². The normalized spacial score (nSPS) is 17.9. The predicted octanol–water partition coefficient (Wildman–Crippen LogP) is 3.93. The van der Waals surface area contributed by atoms with Crippen LogP contribution in [-0.2, 0) is 12.8 Å². The van der Waals surface area contributed by atoms with Crippen LogP contribution in [0.1, 0.15) is 17.5 Å². The van der Waals surface area contributed by atoms with Gasteiger partial charge in [0, 0.05) is 17.8 Å². The molecule has 1 nitrogen and oxygen atoms in total. The van der Waals surface area contributed by atoms with E-state index in [9.17, 15) is 8.78 Å². The Bertz CT molecular complexity index is 575. The number of hydrogen-bond donors (Lipinski definition) is 1. The highest BCUT2D eigenvalue weighted by Gasteiger charge is 2.18. The van der Waals surface area contributed by atoms with Gasteiger partial charge in [-0.05, 0) is 42.5 Å². The van der Waals surface area contributed by atoms with Gasteiger partial charge in [-0.1, -0.05) is 24.3 Å². The van der Waals surface area contributed by atoms with Gasteiger partial charge in [-0.25, -0.2) is 8.78 Å². The molecule has 98 valence electrons. The summed E-state index contributed by atoms with van der Waals surface area (Å²) in [5.74, 6) is -1.09. The smallest absolute Gasteiger partial charge is 0.128 e. The topological polar surface area (TPSA) is 12.0 Å². The Kier molecular flexibility index (Phi) is 3.20. The molecule has 0 heterocycles. The van der Waals surface area contributed by atoms with Crippen molar-refractivity contribution in [3.63, 3.8) is 0 Å². The maximum atomic E-state index is 13.1. The van der Waals surface area contributed by atoms with Gasteiger partial charge in [0.1, 0.15) is 11.6 Å². The van der Waals surface area contributed by atoms with Crippen molar-refractivity contribution in [2.45, 2.75) is 25.3 Å². The number of rotatable bonds is 2. The van der Waals surface area contributed by atoms with Gasteiger partial charge in [-0.15, -0.1) is 0 Å². The Morgan fingerprint density at radius 1 is 0.947 bits per heavy atom. The molecular weight excluding hydrogens is 244 g/mol. The average Bonchev–Trinajstić information content (AvgIpc) is 2.37. The lowest BCUT2D eigenvalue weighted by atomic mass is 9.88. The van der Waals surface area contributed by atoms with E-state index in [-0.39, 0.29) is 6.04 Å². The fraction of sp³-hybridized carbons (Fsp3) is 0.250.